The van der Waals surface area contributed by atoms with Crippen LogP contribution in [0.4, 0.5) is 0 Å². The molecule has 3 aromatic carbocycles. The number of benzene rings is 3. The Morgan fingerprint density at radius 1 is 0.609 bits per heavy atom. The fraction of sp³-hybridized carbons (Fsp3) is 0.0526. The lowest BCUT2D eigenvalue weighted by molar-refractivity contribution is 0.461. The Bertz CT molecular complexity index is 756. The molecule has 0 aliphatic heterocycles. The van der Waals surface area contributed by atoms with Gasteiger partial charge in [0.2, 0.25) is 0 Å². The standard InChI is InChI=1S/C19H16O3S/c20-23(21-18-9-5-2-6-10-18)22-19-13-11-17(12-14-19)15-16-7-3-1-4-8-16/h1-14H,15H2. The van der Waals surface area contributed by atoms with Crippen molar-refractivity contribution in [3.8, 4) is 11.5 Å². The van der Waals surface area contributed by atoms with E-state index < -0.39 is 11.4 Å². The molecule has 0 aliphatic rings. The van der Waals surface area contributed by atoms with Crippen molar-refractivity contribution in [1.82, 2.24) is 0 Å². The van der Waals surface area contributed by atoms with E-state index in [4.69, 9.17) is 8.37 Å². The maximum absolute atomic E-state index is 11.8. The highest BCUT2D eigenvalue weighted by Crippen LogP contribution is 2.17. The molecular weight excluding hydrogens is 308 g/mol. The number of para-hydroxylation sites is 1. The third-order valence-corrected chi connectivity index (χ3v) is 3.90. The topological polar surface area (TPSA) is 35.5 Å². The third kappa shape index (κ3) is 4.69. The zero-order valence-electron chi connectivity index (χ0n) is 12.4. The number of rotatable bonds is 6. The van der Waals surface area contributed by atoms with E-state index in [0.717, 1.165) is 6.42 Å². The van der Waals surface area contributed by atoms with Crippen molar-refractivity contribution in [2.75, 3.05) is 0 Å². The lowest BCUT2D eigenvalue weighted by Gasteiger charge is -2.07. The first-order chi connectivity index (χ1) is 11.3. The van der Waals surface area contributed by atoms with Gasteiger partial charge < -0.3 is 8.37 Å². The van der Waals surface area contributed by atoms with Gasteiger partial charge in [-0.15, -0.1) is 0 Å². The van der Waals surface area contributed by atoms with E-state index in [-0.39, 0.29) is 0 Å². The van der Waals surface area contributed by atoms with Gasteiger partial charge in [0.25, 0.3) is 0 Å². The van der Waals surface area contributed by atoms with Crippen molar-refractivity contribution in [2.24, 2.45) is 0 Å². The SMILES string of the molecule is O=S(Oc1ccccc1)Oc1ccc(Cc2ccccc2)cc1. The molecule has 23 heavy (non-hydrogen) atoms. The van der Waals surface area contributed by atoms with E-state index in [1.165, 1.54) is 11.1 Å². The Kier molecular flexibility index (Phi) is 5.06. The Balaban J connectivity index is 1.58. The van der Waals surface area contributed by atoms with Crippen LogP contribution >= 0.6 is 0 Å². The van der Waals surface area contributed by atoms with Crippen molar-refractivity contribution in [2.45, 2.75) is 6.42 Å². The van der Waals surface area contributed by atoms with Crippen LogP contribution in [0.1, 0.15) is 11.1 Å². The molecule has 0 bridgehead atoms. The molecule has 1 atom stereocenters. The molecule has 0 saturated heterocycles. The summed E-state index contributed by atoms with van der Waals surface area (Å²) in [6.45, 7) is 0. The van der Waals surface area contributed by atoms with Crippen molar-refractivity contribution < 1.29 is 12.6 Å². The van der Waals surface area contributed by atoms with Crippen LogP contribution in [0.25, 0.3) is 0 Å². The fourth-order valence-electron chi connectivity index (χ4n) is 2.14. The quantitative estimate of drug-likeness (QED) is 0.677. The molecule has 0 saturated carbocycles. The molecule has 0 heterocycles. The summed E-state index contributed by atoms with van der Waals surface area (Å²) < 4.78 is 22.3. The first-order valence-electron chi connectivity index (χ1n) is 7.26. The van der Waals surface area contributed by atoms with Crippen molar-refractivity contribution >= 4 is 11.4 Å². The van der Waals surface area contributed by atoms with Gasteiger partial charge in [-0.25, -0.2) is 0 Å². The van der Waals surface area contributed by atoms with Gasteiger partial charge in [0, 0.05) is 0 Å². The number of hydrogen-bond donors (Lipinski definition) is 0. The smallest absolute Gasteiger partial charge is 0.371 e. The molecule has 3 aromatic rings. The summed E-state index contributed by atoms with van der Waals surface area (Å²) in [7, 11) is 0. The minimum atomic E-state index is -1.87. The summed E-state index contributed by atoms with van der Waals surface area (Å²) in [6, 6.07) is 26.7. The van der Waals surface area contributed by atoms with Crippen LogP contribution in [0.3, 0.4) is 0 Å². The minimum Gasteiger partial charge on any atom is -0.371 e. The normalized spacial score (nSPS) is 11.7. The summed E-state index contributed by atoms with van der Waals surface area (Å²) in [5, 5.41) is 0. The molecular formula is C19H16O3S. The van der Waals surface area contributed by atoms with Crippen LogP contribution in [-0.2, 0) is 17.8 Å². The molecule has 4 heteroatoms. The van der Waals surface area contributed by atoms with Crippen LogP contribution in [0.15, 0.2) is 84.9 Å². The summed E-state index contributed by atoms with van der Waals surface area (Å²) in [5.41, 5.74) is 2.41. The van der Waals surface area contributed by atoms with Gasteiger partial charge >= 0.3 is 11.4 Å². The van der Waals surface area contributed by atoms with Crippen molar-refractivity contribution in [3.05, 3.63) is 96.1 Å². The monoisotopic (exact) mass is 324 g/mol. The van der Waals surface area contributed by atoms with E-state index >= 15 is 0 Å². The van der Waals surface area contributed by atoms with Gasteiger partial charge in [-0.05, 0) is 41.8 Å². The van der Waals surface area contributed by atoms with Gasteiger partial charge in [0.15, 0.2) is 0 Å². The zero-order valence-corrected chi connectivity index (χ0v) is 13.2. The summed E-state index contributed by atoms with van der Waals surface area (Å²) in [5.74, 6) is 1.02. The predicted octanol–water partition coefficient (Wildman–Crippen LogP) is 4.31. The first-order valence-corrected chi connectivity index (χ1v) is 8.26. The van der Waals surface area contributed by atoms with E-state index in [0.29, 0.717) is 11.5 Å². The van der Waals surface area contributed by atoms with Crippen LogP contribution < -0.4 is 8.37 Å². The predicted molar refractivity (Wildman–Crippen MR) is 91.5 cm³/mol. The average Bonchev–Trinajstić information content (AvgIpc) is 2.58. The molecule has 0 spiro atoms. The van der Waals surface area contributed by atoms with Crippen LogP contribution in [0, 0.1) is 0 Å². The lowest BCUT2D eigenvalue weighted by Crippen LogP contribution is -2.07. The van der Waals surface area contributed by atoms with E-state index in [2.05, 4.69) is 12.1 Å². The molecule has 0 N–H and O–H groups in total. The maximum atomic E-state index is 11.8. The summed E-state index contributed by atoms with van der Waals surface area (Å²) in [6.07, 6.45) is 0.852. The molecule has 0 radical (unpaired) electrons. The van der Waals surface area contributed by atoms with Gasteiger partial charge in [-0.2, -0.15) is 4.21 Å². The molecule has 0 amide bonds. The van der Waals surface area contributed by atoms with Gasteiger partial charge in [-0.1, -0.05) is 60.7 Å². The zero-order chi connectivity index (χ0) is 15.9. The second kappa shape index (κ2) is 7.61. The van der Waals surface area contributed by atoms with E-state index in [1.54, 1.807) is 24.3 Å². The van der Waals surface area contributed by atoms with E-state index in [9.17, 15) is 4.21 Å². The fourth-order valence-corrected chi connectivity index (χ4v) is 2.72. The molecule has 1 unspecified atom stereocenters. The van der Waals surface area contributed by atoms with E-state index in [1.807, 2.05) is 48.5 Å². The Labute approximate surface area is 138 Å². The van der Waals surface area contributed by atoms with Crippen LogP contribution in [-0.4, -0.2) is 4.21 Å². The lowest BCUT2D eigenvalue weighted by atomic mass is 10.1. The molecule has 0 aromatic heterocycles. The first kappa shape index (κ1) is 15.3. The van der Waals surface area contributed by atoms with Crippen LogP contribution in [0.2, 0.25) is 0 Å². The van der Waals surface area contributed by atoms with Gasteiger partial charge in [0.05, 0.1) is 0 Å². The third-order valence-electron chi connectivity index (χ3n) is 3.25. The highest BCUT2D eigenvalue weighted by Gasteiger charge is 2.06. The highest BCUT2D eigenvalue weighted by molar-refractivity contribution is 7.75. The Morgan fingerprint density at radius 3 is 1.70 bits per heavy atom. The van der Waals surface area contributed by atoms with Gasteiger partial charge in [0.1, 0.15) is 11.5 Å². The Hall–Kier alpha value is -2.59. The summed E-state index contributed by atoms with van der Waals surface area (Å²) >= 11 is -1.87. The summed E-state index contributed by atoms with van der Waals surface area (Å²) in [4.78, 5) is 0. The van der Waals surface area contributed by atoms with Gasteiger partial charge in [-0.3, -0.25) is 0 Å². The van der Waals surface area contributed by atoms with Crippen molar-refractivity contribution in [1.29, 1.82) is 0 Å². The molecule has 0 aliphatic carbocycles. The molecule has 116 valence electrons. The second-order valence-electron chi connectivity index (χ2n) is 4.99. The molecule has 3 nitrogen and oxygen atoms in total. The average molecular weight is 324 g/mol. The Morgan fingerprint density at radius 2 is 1.09 bits per heavy atom. The van der Waals surface area contributed by atoms with Crippen molar-refractivity contribution in [3.63, 3.8) is 0 Å². The molecule has 0 fully saturated rings. The maximum Gasteiger partial charge on any atom is 0.417 e. The largest absolute Gasteiger partial charge is 0.417 e. The van der Waals surface area contributed by atoms with Crippen LogP contribution in [0.5, 0.6) is 11.5 Å². The second-order valence-corrected chi connectivity index (χ2v) is 5.73. The highest BCUT2D eigenvalue weighted by atomic mass is 32.2. The number of hydrogen-bond acceptors (Lipinski definition) is 3. The minimum absolute atomic E-state index is 0.506. The molecule has 3 rings (SSSR count).